The van der Waals surface area contributed by atoms with Crippen molar-refractivity contribution in [3.05, 3.63) is 78.4 Å². The summed E-state index contributed by atoms with van der Waals surface area (Å²) in [5.74, 6) is -0.0538. The summed E-state index contributed by atoms with van der Waals surface area (Å²) in [5, 5.41) is 2.85. The van der Waals surface area contributed by atoms with Gasteiger partial charge < -0.3 is 10.1 Å². The first kappa shape index (κ1) is 23.5. The van der Waals surface area contributed by atoms with Crippen LogP contribution in [0.1, 0.15) is 31.1 Å². The molecular weight excluding hydrogens is 424 g/mol. The number of nitrogens with one attached hydrogen (secondary N) is 1. The van der Waals surface area contributed by atoms with Crippen LogP contribution in [0.3, 0.4) is 0 Å². The Hall–Kier alpha value is -3.16. The molecule has 0 aliphatic heterocycles. The maximum Gasteiger partial charge on any atom is 0.256 e. The monoisotopic (exact) mass is 452 g/mol. The van der Waals surface area contributed by atoms with Crippen LogP contribution >= 0.6 is 0 Å². The van der Waals surface area contributed by atoms with Crippen LogP contribution in [-0.4, -0.2) is 38.3 Å². The lowest BCUT2D eigenvalue weighted by Gasteiger charge is -2.21. The molecule has 0 aliphatic carbocycles. The maximum atomic E-state index is 13.2. The zero-order valence-corrected chi connectivity index (χ0v) is 19.4. The largest absolute Gasteiger partial charge is 0.492 e. The second-order valence-corrected chi connectivity index (χ2v) is 8.96. The van der Waals surface area contributed by atoms with Crippen molar-refractivity contribution >= 4 is 21.6 Å². The average molecular weight is 453 g/mol. The summed E-state index contributed by atoms with van der Waals surface area (Å²) in [6.45, 7) is 6.37. The fourth-order valence-electron chi connectivity index (χ4n) is 3.51. The third kappa shape index (κ3) is 5.00. The van der Waals surface area contributed by atoms with E-state index in [1.807, 2.05) is 42.5 Å². The summed E-state index contributed by atoms with van der Waals surface area (Å²) >= 11 is 0. The van der Waals surface area contributed by atoms with Crippen LogP contribution in [-0.2, 0) is 10.0 Å². The third-order valence-electron chi connectivity index (χ3n) is 5.08. The number of sulfonamides is 1. The van der Waals surface area contributed by atoms with Crippen molar-refractivity contribution in [2.45, 2.75) is 25.7 Å². The van der Waals surface area contributed by atoms with E-state index in [9.17, 15) is 13.2 Å². The van der Waals surface area contributed by atoms with Crippen LogP contribution in [0.2, 0.25) is 0 Å². The number of hydrogen-bond donors (Lipinski definition) is 1. The second kappa shape index (κ2) is 10.4. The SMILES string of the molecule is CCOc1ccc(NC(=O)c2ccccc2-c2ccccc2)cc1S(=O)(=O)N(CC)CC. The van der Waals surface area contributed by atoms with Crippen molar-refractivity contribution in [1.29, 1.82) is 0 Å². The zero-order valence-electron chi connectivity index (χ0n) is 18.5. The highest BCUT2D eigenvalue weighted by Gasteiger charge is 2.26. The number of carbonyl (C=O) groups excluding carboxylic acids is 1. The van der Waals surface area contributed by atoms with Gasteiger partial charge in [-0.3, -0.25) is 4.79 Å². The zero-order chi connectivity index (χ0) is 23.1. The number of rotatable bonds is 9. The lowest BCUT2D eigenvalue weighted by Crippen LogP contribution is -2.31. The van der Waals surface area contributed by atoms with Crippen LogP contribution in [0.4, 0.5) is 5.69 Å². The Morgan fingerprint density at radius 3 is 2.22 bits per heavy atom. The molecule has 0 saturated carbocycles. The molecule has 168 valence electrons. The molecule has 0 radical (unpaired) electrons. The molecule has 3 aromatic rings. The fourth-order valence-corrected chi connectivity index (χ4v) is 5.13. The Kier molecular flexibility index (Phi) is 7.66. The molecule has 0 saturated heterocycles. The van der Waals surface area contributed by atoms with E-state index in [2.05, 4.69) is 5.32 Å². The Labute approximate surface area is 189 Å². The van der Waals surface area contributed by atoms with Crippen LogP contribution in [0.5, 0.6) is 5.75 Å². The molecule has 1 amide bonds. The minimum absolute atomic E-state index is 0.0391. The standard InChI is InChI=1S/C25H28N2O4S/c1-4-27(5-2)32(29,30)24-18-20(16-17-23(24)31-6-3)26-25(28)22-15-11-10-14-21(22)19-12-8-7-9-13-19/h7-18H,4-6H2,1-3H3,(H,26,28). The Bertz CT molecular complexity index is 1170. The number of hydrogen-bond acceptors (Lipinski definition) is 4. The Balaban J connectivity index is 1.98. The topological polar surface area (TPSA) is 75.7 Å². The number of carbonyl (C=O) groups is 1. The van der Waals surface area contributed by atoms with E-state index in [1.54, 1.807) is 45.0 Å². The molecule has 0 spiro atoms. The van der Waals surface area contributed by atoms with Crippen molar-refractivity contribution in [3.8, 4) is 16.9 Å². The van der Waals surface area contributed by atoms with Gasteiger partial charge in [-0.25, -0.2) is 8.42 Å². The molecule has 3 aromatic carbocycles. The van der Waals surface area contributed by atoms with Crippen LogP contribution in [0, 0.1) is 0 Å². The second-order valence-electron chi connectivity index (χ2n) is 7.05. The molecular formula is C25H28N2O4S. The average Bonchev–Trinajstić information content (AvgIpc) is 2.81. The minimum Gasteiger partial charge on any atom is -0.492 e. The summed E-state index contributed by atoms with van der Waals surface area (Å²) in [7, 11) is -3.77. The highest BCUT2D eigenvalue weighted by Crippen LogP contribution is 2.31. The number of ether oxygens (including phenoxy) is 1. The van der Waals surface area contributed by atoms with E-state index in [4.69, 9.17) is 4.74 Å². The van der Waals surface area contributed by atoms with Crippen LogP contribution in [0.15, 0.2) is 77.7 Å². The molecule has 3 rings (SSSR count). The molecule has 0 heterocycles. The van der Waals surface area contributed by atoms with Gasteiger partial charge in [-0.15, -0.1) is 0 Å². The van der Waals surface area contributed by atoms with Crippen molar-refractivity contribution < 1.29 is 17.9 Å². The molecule has 0 fully saturated rings. The van der Waals surface area contributed by atoms with E-state index < -0.39 is 10.0 Å². The molecule has 6 nitrogen and oxygen atoms in total. The van der Waals surface area contributed by atoms with Gasteiger partial charge in [0.2, 0.25) is 10.0 Å². The van der Waals surface area contributed by atoms with E-state index in [0.29, 0.717) is 30.9 Å². The molecule has 0 unspecified atom stereocenters. The lowest BCUT2D eigenvalue weighted by molar-refractivity contribution is 0.102. The van der Waals surface area contributed by atoms with Crippen molar-refractivity contribution in [2.75, 3.05) is 25.0 Å². The first-order chi connectivity index (χ1) is 15.4. The summed E-state index contributed by atoms with van der Waals surface area (Å²) in [6, 6.07) is 21.6. The van der Waals surface area contributed by atoms with E-state index in [1.165, 1.54) is 10.4 Å². The Morgan fingerprint density at radius 1 is 0.906 bits per heavy atom. The normalized spacial score (nSPS) is 11.4. The van der Waals surface area contributed by atoms with Crippen molar-refractivity contribution in [3.63, 3.8) is 0 Å². The van der Waals surface area contributed by atoms with Gasteiger partial charge in [-0.2, -0.15) is 4.31 Å². The first-order valence-electron chi connectivity index (χ1n) is 10.6. The molecule has 0 bridgehead atoms. The van der Waals surface area contributed by atoms with Gasteiger partial charge in [0, 0.05) is 24.3 Å². The van der Waals surface area contributed by atoms with Crippen LogP contribution < -0.4 is 10.1 Å². The van der Waals surface area contributed by atoms with E-state index in [0.717, 1.165) is 11.1 Å². The molecule has 7 heteroatoms. The van der Waals surface area contributed by atoms with Gasteiger partial charge in [-0.05, 0) is 42.3 Å². The smallest absolute Gasteiger partial charge is 0.256 e. The van der Waals surface area contributed by atoms with Gasteiger partial charge in [0.05, 0.1) is 6.61 Å². The highest BCUT2D eigenvalue weighted by atomic mass is 32.2. The number of anilines is 1. The van der Waals surface area contributed by atoms with Crippen molar-refractivity contribution in [1.82, 2.24) is 4.31 Å². The lowest BCUT2D eigenvalue weighted by atomic mass is 9.99. The van der Waals surface area contributed by atoms with Gasteiger partial charge in [-0.1, -0.05) is 62.4 Å². The number of benzene rings is 3. The molecule has 0 aromatic heterocycles. The summed E-state index contributed by atoms with van der Waals surface area (Å²) in [6.07, 6.45) is 0. The van der Waals surface area contributed by atoms with Crippen LogP contribution in [0.25, 0.3) is 11.1 Å². The number of nitrogens with zero attached hydrogens (tertiary/aromatic N) is 1. The predicted molar refractivity (Wildman–Crippen MR) is 128 cm³/mol. The van der Waals surface area contributed by atoms with Crippen molar-refractivity contribution in [2.24, 2.45) is 0 Å². The quantitative estimate of drug-likeness (QED) is 0.494. The van der Waals surface area contributed by atoms with Gasteiger partial charge in [0.15, 0.2) is 0 Å². The summed E-state index contributed by atoms with van der Waals surface area (Å²) < 4.78 is 33.3. The first-order valence-corrected chi connectivity index (χ1v) is 12.1. The molecule has 32 heavy (non-hydrogen) atoms. The maximum absolute atomic E-state index is 13.2. The predicted octanol–water partition coefficient (Wildman–Crippen LogP) is 5.04. The van der Waals surface area contributed by atoms with Gasteiger partial charge >= 0.3 is 0 Å². The molecule has 1 N–H and O–H groups in total. The minimum atomic E-state index is -3.77. The summed E-state index contributed by atoms with van der Waals surface area (Å²) in [5.41, 5.74) is 2.61. The van der Waals surface area contributed by atoms with Gasteiger partial charge in [0.1, 0.15) is 10.6 Å². The molecule has 0 atom stereocenters. The fraction of sp³-hybridized carbons (Fsp3) is 0.240. The van der Waals surface area contributed by atoms with E-state index in [-0.39, 0.29) is 16.6 Å². The number of amides is 1. The highest BCUT2D eigenvalue weighted by molar-refractivity contribution is 7.89. The Morgan fingerprint density at radius 2 is 1.56 bits per heavy atom. The summed E-state index contributed by atoms with van der Waals surface area (Å²) in [4.78, 5) is 13.2. The van der Waals surface area contributed by atoms with Gasteiger partial charge in [0.25, 0.3) is 5.91 Å². The third-order valence-corrected chi connectivity index (χ3v) is 7.15. The van der Waals surface area contributed by atoms with E-state index >= 15 is 0 Å². The molecule has 0 aliphatic rings.